The van der Waals surface area contributed by atoms with Crippen LogP contribution in [-0.2, 0) is 0 Å². The number of nitrogens with zero attached hydrogens (tertiary/aromatic N) is 3. The van der Waals surface area contributed by atoms with Gasteiger partial charge >= 0.3 is 0 Å². The number of benzene rings is 3. The molecule has 6 rings (SSSR count). The number of pyridine rings is 1. The van der Waals surface area contributed by atoms with E-state index < -0.39 is 0 Å². The molecule has 1 N–H and O–H groups in total. The Kier molecular flexibility index (Phi) is 8.70. The summed E-state index contributed by atoms with van der Waals surface area (Å²) in [5.74, 6) is 1.12. The third kappa shape index (κ3) is 5.45. The molecular formula is C30H32Cl2N4O. The first kappa shape index (κ1) is 26.9. The van der Waals surface area contributed by atoms with Gasteiger partial charge in [-0.15, -0.1) is 24.8 Å². The minimum Gasteiger partial charge on any atom is -0.354 e. The third-order valence-corrected chi connectivity index (χ3v) is 7.30. The number of piperazine rings is 1. The zero-order chi connectivity index (χ0) is 23.6. The molecule has 0 unspecified atom stereocenters. The smallest absolute Gasteiger partial charge is 0.251 e. The predicted octanol–water partition coefficient (Wildman–Crippen LogP) is 5.30. The fourth-order valence-corrected chi connectivity index (χ4v) is 5.34. The van der Waals surface area contributed by atoms with Crippen LogP contribution in [-0.4, -0.2) is 55.1 Å². The van der Waals surface area contributed by atoms with E-state index in [-0.39, 0.29) is 30.7 Å². The van der Waals surface area contributed by atoms with E-state index in [0.717, 1.165) is 56.9 Å². The van der Waals surface area contributed by atoms with Gasteiger partial charge in [0.15, 0.2) is 0 Å². The van der Waals surface area contributed by atoms with E-state index >= 15 is 0 Å². The van der Waals surface area contributed by atoms with E-state index in [2.05, 4.69) is 80.8 Å². The van der Waals surface area contributed by atoms with Crippen molar-refractivity contribution in [1.29, 1.82) is 0 Å². The van der Waals surface area contributed by atoms with Gasteiger partial charge in [0.1, 0.15) is 5.82 Å². The molecule has 1 aliphatic carbocycles. The number of hydrogen-bond donors (Lipinski definition) is 1. The Morgan fingerprint density at radius 1 is 0.784 bits per heavy atom. The fraction of sp³-hybridized carbons (Fsp3) is 0.267. The van der Waals surface area contributed by atoms with Crippen LogP contribution in [0.3, 0.4) is 0 Å². The molecule has 5 nitrogen and oxygen atoms in total. The molecule has 192 valence electrons. The molecule has 1 fully saturated rings. The highest BCUT2D eigenvalue weighted by molar-refractivity contribution is 5.94. The molecule has 0 bridgehead atoms. The van der Waals surface area contributed by atoms with Gasteiger partial charge in [-0.2, -0.15) is 0 Å². The number of rotatable bonds is 7. The lowest BCUT2D eigenvalue weighted by molar-refractivity contribution is 0.0952. The van der Waals surface area contributed by atoms with Crippen LogP contribution < -0.4 is 10.2 Å². The van der Waals surface area contributed by atoms with E-state index in [4.69, 9.17) is 0 Å². The molecule has 2 aliphatic rings. The van der Waals surface area contributed by atoms with Crippen molar-refractivity contribution in [3.8, 4) is 0 Å². The van der Waals surface area contributed by atoms with Crippen molar-refractivity contribution in [3.63, 3.8) is 0 Å². The number of carbonyl (C=O) groups excluding carboxylic acids is 1. The molecule has 37 heavy (non-hydrogen) atoms. The van der Waals surface area contributed by atoms with Gasteiger partial charge in [-0.3, -0.25) is 9.69 Å². The van der Waals surface area contributed by atoms with Crippen LogP contribution >= 0.6 is 24.8 Å². The molecule has 2 heterocycles. The molecule has 1 aromatic heterocycles. The van der Waals surface area contributed by atoms with Gasteiger partial charge < -0.3 is 10.2 Å². The Morgan fingerprint density at radius 3 is 2.30 bits per heavy atom. The van der Waals surface area contributed by atoms with Crippen LogP contribution in [0.15, 0.2) is 79.0 Å². The van der Waals surface area contributed by atoms with Crippen molar-refractivity contribution in [2.75, 3.05) is 44.2 Å². The fourth-order valence-electron chi connectivity index (χ4n) is 5.34. The molecule has 1 aliphatic heterocycles. The highest BCUT2D eigenvalue weighted by atomic mass is 35.5. The van der Waals surface area contributed by atoms with Crippen LogP contribution in [0.1, 0.15) is 23.2 Å². The van der Waals surface area contributed by atoms with Gasteiger partial charge in [0.05, 0.1) is 0 Å². The molecule has 3 aromatic carbocycles. The number of nitrogens with one attached hydrogen (secondary N) is 1. The maximum Gasteiger partial charge on any atom is 0.251 e. The normalized spacial score (nSPS) is 14.0. The lowest BCUT2D eigenvalue weighted by Crippen LogP contribution is -2.47. The first-order chi connectivity index (χ1) is 17.3. The number of anilines is 1. The number of carbonyl (C=O) groups is 1. The lowest BCUT2D eigenvalue weighted by atomic mass is 9.99. The highest BCUT2D eigenvalue weighted by Gasteiger charge is 2.19. The largest absolute Gasteiger partial charge is 0.354 e. The van der Waals surface area contributed by atoms with Crippen molar-refractivity contribution in [1.82, 2.24) is 15.2 Å². The van der Waals surface area contributed by atoms with E-state index in [9.17, 15) is 4.79 Å². The molecule has 0 atom stereocenters. The second kappa shape index (κ2) is 12.0. The predicted molar refractivity (Wildman–Crippen MR) is 155 cm³/mol. The number of amides is 1. The van der Waals surface area contributed by atoms with Crippen molar-refractivity contribution in [2.24, 2.45) is 0 Å². The van der Waals surface area contributed by atoms with Gasteiger partial charge in [0.2, 0.25) is 0 Å². The Bertz CT molecular complexity index is 1580. The van der Waals surface area contributed by atoms with Crippen molar-refractivity contribution in [3.05, 3.63) is 105 Å². The quantitative estimate of drug-likeness (QED) is 0.288. The van der Waals surface area contributed by atoms with Gasteiger partial charge in [0.25, 0.3) is 5.91 Å². The van der Waals surface area contributed by atoms with E-state index in [1.54, 1.807) is 0 Å². The summed E-state index contributed by atoms with van der Waals surface area (Å²) in [4.78, 5) is 22.3. The number of unbranched alkanes of at least 4 members (excludes halogenated alkanes) is 1. The zero-order valence-electron chi connectivity index (χ0n) is 20.7. The Hall–Kier alpha value is -3.12. The summed E-state index contributed by atoms with van der Waals surface area (Å²) >= 11 is 0. The van der Waals surface area contributed by atoms with Crippen LogP contribution in [0.2, 0.25) is 0 Å². The Balaban J connectivity index is 0.00000160. The minimum absolute atomic E-state index is 0. The van der Waals surface area contributed by atoms with Crippen LogP contribution in [0.5, 0.6) is 0 Å². The van der Waals surface area contributed by atoms with Crippen molar-refractivity contribution < 1.29 is 4.79 Å². The average molecular weight is 536 g/mol. The summed E-state index contributed by atoms with van der Waals surface area (Å²) in [6.07, 6.45) is 3.99. The second-order valence-corrected chi connectivity index (χ2v) is 9.45. The summed E-state index contributed by atoms with van der Waals surface area (Å²) in [5.41, 5.74) is 0.747. The molecular weight excluding hydrogens is 503 g/mol. The molecule has 0 spiro atoms. The van der Waals surface area contributed by atoms with Crippen molar-refractivity contribution in [2.45, 2.75) is 12.8 Å². The van der Waals surface area contributed by atoms with Crippen LogP contribution in [0.25, 0.3) is 10.8 Å². The molecule has 0 saturated carbocycles. The molecule has 4 aromatic rings. The van der Waals surface area contributed by atoms with Gasteiger partial charge in [-0.05, 0) is 63.8 Å². The topological polar surface area (TPSA) is 48.5 Å². The molecule has 0 radical (unpaired) electrons. The van der Waals surface area contributed by atoms with Crippen LogP contribution in [0.4, 0.5) is 5.82 Å². The SMILES string of the molecule is Cl.Cl.O=C(NCCCCN1CCN(c2nccc3ccccc23)CC1)c1ccc2c(c1)=c1ccccc1=2. The Morgan fingerprint density at radius 2 is 1.49 bits per heavy atom. The average Bonchev–Trinajstić information content (AvgIpc) is 2.91. The Labute approximate surface area is 229 Å². The minimum atomic E-state index is 0. The molecule has 7 heteroatoms. The van der Waals surface area contributed by atoms with Gasteiger partial charge in [0, 0.05) is 49.9 Å². The number of aromatic nitrogens is 1. The van der Waals surface area contributed by atoms with E-state index in [0.29, 0.717) is 6.54 Å². The second-order valence-electron chi connectivity index (χ2n) is 9.45. The maximum absolute atomic E-state index is 12.6. The zero-order valence-corrected chi connectivity index (χ0v) is 22.4. The summed E-state index contributed by atoms with van der Waals surface area (Å²) in [7, 11) is 0. The maximum atomic E-state index is 12.6. The third-order valence-electron chi connectivity index (χ3n) is 7.30. The first-order valence-electron chi connectivity index (χ1n) is 12.6. The first-order valence-corrected chi connectivity index (χ1v) is 12.6. The summed E-state index contributed by atoms with van der Waals surface area (Å²) in [6, 6.07) is 25.0. The lowest BCUT2D eigenvalue weighted by Gasteiger charge is -2.35. The summed E-state index contributed by atoms with van der Waals surface area (Å²) < 4.78 is 0. The summed E-state index contributed by atoms with van der Waals surface area (Å²) in [5, 5.41) is 10.5. The summed E-state index contributed by atoms with van der Waals surface area (Å²) in [6.45, 7) is 5.88. The van der Waals surface area contributed by atoms with Gasteiger partial charge in [-0.1, -0.05) is 54.6 Å². The number of halogens is 2. The van der Waals surface area contributed by atoms with Crippen molar-refractivity contribution >= 4 is 47.3 Å². The van der Waals surface area contributed by atoms with E-state index in [1.165, 1.54) is 31.6 Å². The van der Waals surface area contributed by atoms with Gasteiger partial charge in [-0.25, -0.2) is 4.98 Å². The number of hydrogen-bond acceptors (Lipinski definition) is 4. The van der Waals surface area contributed by atoms with E-state index in [1.807, 2.05) is 18.3 Å². The highest BCUT2D eigenvalue weighted by Crippen LogP contribution is 2.25. The number of fused-ring (bicyclic) bond motifs is 3. The standard InChI is InChI=1S/C30H30N4O.2ClH/c35-30(23-11-12-27-25-9-3-4-10-26(25)28(27)21-23)32-14-5-6-16-33-17-19-34(20-18-33)29-24-8-2-1-7-22(24)13-15-31-29;;/h1-4,7-13,15,21H,5-6,14,16-20H2,(H,32,35);2*1H. The molecule has 1 saturated heterocycles. The monoisotopic (exact) mass is 534 g/mol. The molecule has 1 amide bonds. The van der Waals surface area contributed by atoms with Crippen LogP contribution in [0, 0.1) is 20.9 Å².